The molecule has 24 heavy (non-hydrogen) atoms. The fourth-order valence-corrected chi connectivity index (χ4v) is 2.48. The van der Waals surface area contributed by atoms with Crippen molar-refractivity contribution in [2.45, 2.75) is 13.0 Å². The molecule has 1 amide bonds. The van der Waals surface area contributed by atoms with Gasteiger partial charge < -0.3 is 10.4 Å². The van der Waals surface area contributed by atoms with Crippen LogP contribution in [0.25, 0.3) is 11.3 Å². The Bertz CT molecular complexity index is 1010. The minimum atomic E-state index is -1.22. The molecule has 1 aromatic carbocycles. The molecule has 3 rings (SSSR count). The Labute approximate surface area is 136 Å². The summed E-state index contributed by atoms with van der Waals surface area (Å²) in [5, 5.41) is 20.3. The number of nitrogens with zero attached hydrogens (tertiary/aromatic N) is 4. The highest BCUT2D eigenvalue weighted by molar-refractivity contribution is 5.65. The fraction of sp³-hybridized carbons (Fsp3) is 0.125. The third-order valence-corrected chi connectivity index (χ3v) is 3.53. The van der Waals surface area contributed by atoms with Gasteiger partial charge in [0.25, 0.3) is 0 Å². The second-order valence-corrected chi connectivity index (χ2v) is 5.16. The molecule has 3 aromatic rings. The number of hydrogen-bond donors (Lipinski definition) is 2. The summed E-state index contributed by atoms with van der Waals surface area (Å²) in [4.78, 5) is 28.2. The van der Waals surface area contributed by atoms with E-state index in [2.05, 4.69) is 10.3 Å². The summed E-state index contributed by atoms with van der Waals surface area (Å²) in [5.41, 5.74) is 0.716. The van der Waals surface area contributed by atoms with Gasteiger partial charge in [-0.05, 0) is 19.1 Å². The van der Waals surface area contributed by atoms with Crippen molar-refractivity contribution in [1.29, 1.82) is 5.26 Å². The zero-order chi connectivity index (χ0) is 17.3. The van der Waals surface area contributed by atoms with Crippen LogP contribution in [0.5, 0.6) is 0 Å². The molecule has 8 heteroatoms. The molecule has 1 atom stereocenters. The molecular formula is C16H13N5O3. The molecule has 2 heterocycles. The van der Waals surface area contributed by atoms with Crippen LogP contribution in [-0.2, 0) is 0 Å². The molecular weight excluding hydrogens is 310 g/mol. The average molecular weight is 323 g/mol. The van der Waals surface area contributed by atoms with Gasteiger partial charge in [0.05, 0.1) is 17.3 Å². The number of rotatable bonds is 3. The summed E-state index contributed by atoms with van der Waals surface area (Å²) in [7, 11) is 0. The first-order chi connectivity index (χ1) is 11.5. The number of hydrogen-bond acceptors (Lipinski definition) is 4. The van der Waals surface area contributed by atoms with Crippen LogP contribution in [0.1, 0.15) is 24.4 Å². The predicted molar refractivity (Wildman–Crippen MR) is 85.1 cm³/mol. The van der Waals surface area contributed by atoms with E-state index in [1.807, 2.05) is 12.1 Å². The van der Waals surface area contributed by atoms with Gasteiger partial charge in [0.15, 0.2) is 0 Å². The predicted octanol–water partition coefficient (Wildman–Crippen LogP) is 1.69. The normalized spacial score (nSPS) is 11.8. The van der Waals surface area contributed by atoms with Gasteiger partial charge in [-0.1, -0.05) is 18.2 Å². The summed E-state index contributed by atoms with van der Waals surface area (Å²) in [6.45, 7) is 1.60. The lowest BCUT2D eigenvalue weighted by Gasteiger charge is -2.17. The van der Waals surface area contributed by atoms with Gasteiger partial charge in [-0.2, -0.15) is 5.26 Å². The fourth-order valence-electron chi connectivity index (χ4n) is 2.48. The zero-order valence-corrected chi connectivity index (χ0v) is 12.7. The molecule has 0 fully saturated rings. The maximum absolute atomic E-state index is 12.9. The van der Waals surface area contributed by atoms with Crippen molar-refractivity contribution in [3.63, 3.8) is 0 Å². The summed E-state index contributed by atoms with van der Waals surface area (Å²) in [5.74, 6) is 0.240. The molecule has 0 radical (unpaired) electrons. The number of benzene rings is 1. The van der Waals surface area contributed by atoms with Crippen LogP contribution in [0.4, 0.5) is 4.79 Å². The first kappa shape index (κ1) is 15.3. The molecule has 0 aliphatic carbocycles. The van der Waals surface area contributed by atoms with E-state index in [9.17, 15) is 9.59 Å². The van der Waals surface area contributed by atoms with Crippen molar-refractivity contribution in [2.75, 3.05) is 0 Å². The third kappa shape index (κ3) is 2.59. The summed E-state index contributed by atoms with van der Waals surface area (Å²) in [6, 6.07) is 11.5. The largest absolute Gasteiger partial charge is 0.465 e. The Kier molecular flexibility index (Phi) is 3.75. The molecule has 0 saturated heterocycles. The third-order valence-electron chi connectivity index (χ3n) is 3.53. The van der Waals surface area contributed by atoms with Crippen molar-refractivity contribution < 1.29 is 9.90 Å². The molecule has 2 N–H and O–H groups in total. The van der Waals surface area contributed by atoms with E-state index in [4.69, 9.17) is 10.4 Å². The van der Waals surface area contributed by atoms with Gasteiger partial charge in [0.2, 0.25) is 0 Å². The van der Waals surface area contributed by atoms with Crippen LogP contribution >= 0.6 is 0 Å². The summed E-state index contributed by atoms with van der Waals surface area (Å²) < 4.78 is 2.59. The van der Waals surface area contributed by atoms with Gasteiger partial charge in [0, 0.05) is 12.3 Å². The van der Waals surface area contributed by atoms with Crippen molar-refractivity contribution in [3.8, 4) is 11.8 Å². The van der Waals surface area contributed by atoms with Crippen LogP contribution < -0.4 is 11.0 Å². The Hall–Kier alpha value is -3.60. The molecule has 2 aromatic heterocycles. The number of nitriles is 1. The minimum absolute atomic E-state index is 0.240. The Morgan fingerprint density at radius 3 is 2.71 bits per heavy atom. The average Bonchev–Trinajstić information content (AvgIpc) is 2.98. The molecule has 8 nitrogen and oxygen atoms in total. The van der Waals surface area contributed by atoms with Crippen LogP contribution in [0.15, 0.2) is 47.4 Å². The second kappa shape index (κ2) is 5.89. The van der Waals surface area contributed by atoms with Gasteiger partial charge >= 0.3 is 11.8 Å². The van der Waals surface area contributed by atoms with Crippen LogP contribution in [0.2, 0.25) is 0 Å². The van der Waals surface area contributed by atoms with Crippen LogP contribution in [0.3, 0.4) is 0 Å². The molecule has 120 valence electrons. The summed E-state index contributed by atoms with van der Waals surface area (Å²) in [6.07, 6.45) is 0.188. The van der Waals surface area contributed by atoms with Gasteiger partial charge in [0.1, 0.15) is 17.5 Å². The Morgan fingerprint density at radius 1 is 1.38 bits per heavy atom. The quantitative estimate of drug-likeness (QED) is 0.761. The van der Waals surface area contributed by atoms with Crippen molar-refractivity contribution in [3.05, 3.63) is 64.5 Å². The van der Waals surface area contributed by atoms with Crippen molar-refractivity contribution in [1.82, 2.24) is 19.3 Å². The second-order valence-electron chi connectivity index (χ2n) is 5.16. The van der Waals surface area contributed by atoms with E-state index in [1.165, 1.54) is 21.2 Å². The number of amides is 1. The van der Waals surface area contributed by atoms with Gasteiger partial charge in [-0.15, -0.1) is 0 Å². The van der Waals surface area contributed by atoms with Crippen molar-refractivity contribution >= 4 is 11.7 Å². The number of carbonyl (C=O) groups is 1. The van der Waals surface area contributed by atoms with E-state index < -0.39 is 17.8 Å². The smallest absolute Gasteiger partial charge is 0.405 e. The summed E-state index contributed by atoms with van der Waals surface area (Å²) >= 11 is 0. The number of fused-ring (bicyclic) bond motifs is 1. The van der Waals surface area contributed by atoms with Gasteiger partial charge in [-0.3, -0.25) is 4.40 Å². The monoisotopic (exact) mass is 323 g/mol. The van der Waals surface area contributed by atoms with Crippen LogP contribution in [-0.4, -0.2) is 25.2 Å². The highest BCUT2D eigenvalue weighted by Crippen LogP contribution is 2.16. The number of para-hydroxylation sites is 1. The lowest BCUT2D eigenvalue weighted by molar-refractivity contribution is 0.190. The molecule has 0 aliphatic heterocycles. The number of aromatic nitrogens is 3. The SMILES string of the molecule is CC(NC(=O)O)c1nc2cc(C#N)cn2c(=O)n1-c1ccccc1. The maximum Gasteiger partial charge on any atom is 0.405 e. The zero-order valence-electron chi connectivity index (χ0n) is 12.7. The number of nitrogens with one attached hydrogen (secondary N) is 1. The van der Waals surface area contributed by atoms with E-state index in [1.54, 1.807) is 31.2 Å². The van der Waals surface area contributed by atoms with E-state index >= 15 is 0 Å². The Morgan fingerprint density at radius 2 is 2.08 bits per heavy atom. The first-order valence-corrected chi connectivity index (χ1v) is 7.11. The Balaban J connectivity index is 2.33. The minimum Gasteiger partial charge on any atom is -0.465 e. The van der Waals surface area contributed by atoms with E-state index in [0.717, 1.165) is 0 Å². The number of carboxylic acid groups (broad SMARTS) is 1. The maximum atomic E-state index is 12.9. The molecule has 0 saturated carbocycles. The molecule has 0 aliphatic rings. The van der Waals surface area contributed by atoms with Crippen molar-refractivity contribution in [2.24, 2.45) is 0 Å². The lowest BCUT2D eigenvalue weighted by Crippen LogP contribution is -2.34. The first-order valence-electron chi connectivity index (χ1n) is 7.11. The molecule has 1 unspecified atom stereocenters. The van der Waals surface area contributed by atoms with E-state index in [0.29, 0.717) is 11.3 Å². The van der Waals surface area contributed by atoms with Gasteiger partial charge in [-0.25, -0.2) is 19.1 Å². The topological polar surface area (TPSA) is 112 Å². The highest BCUT2D eigenvalue weighted by Gasteiger charge is 2.19. The molecule has 0 bridgehead atoms. The van der Waals surface area contributed by atoms with Crippen LogP contribution in [0, 0.1) is 11.3 Å². The van der Waals surface area contributed by atoms with E-state index in [-0.39, 0.29) is 11.5 Å². The standard InChI is InChI=1S/C16H13N5O3/c1-10(18-15(22)23)14-19-13-7-11(8-17)9-20(13)16(24)21(14)12-5-3-2-4-6-12/h2-7,9-10,18H,1H3,(H,22,23). The lowest BCUT2D eigenvalue weighted by atomic mass is 10.2. The highest BCUT2D eigenvalue weighted by atomic mass is 16.4. The molecule has 0 spiro atoms.